The lowest BCUT2D eigenvalue weighted by molar-refractivity contribution is 0.112. The van der Waals surface area contributed by atoms with Crippen molar-refractivity contribution in [2.24, 2.45) is 0 Å². The van der Waals surface area contributed by atoms with E-state index in [0.29, 0.717) is 19.8 Å². The number of nitrogens with one attached hydrogen (secondary N) is 2. The normalized spacial score (nSPS) is 17.5. The molecule has 1 unspecified atom stereocenters. The first-order valence-corrected chi connectivity index (χ1v) is 7.16. The fraction of sp³-hybridized carbons (Fsp3) is 0.533. The smallest absolute Gasteiger partial charge is 0.319 e. The van der Waals surface area contributed by atoms with Gasteiger partial charge in [-0.2, -0.15) is 0 Å². The summed E-state index contributed by atoms with van der Waals surface area (Å²) in [5, 5.41) is 5.58. The van der Waals surface area contributed by atoms with Gasteiger partial charge in [-0.05, 0) is 37.1 Å². The minimum atomic E-state index is -0.224. The van der Waals surface area contributed by atoms with Gasteiger partial charge in [0.2, 0.25) is 0 Å². The molecule has 1 fully saturated rings. The summed E-state index contributed by atoms with van der Waals surface area (Å²) in [6.45, 7) is 2.39. The van der Waals surface area contributed by atoms with E-state index in [1.165, 1.54) is 0 Å². The average Bonchev–Trinajstić information content (AvgIpc) is 3.01. The Hall–Kier alpha value is -1.79. The Morgan fingerprint density at radius 1 is 1.33 bits per heavy atom. The number of ether oxygens (including phenoxy) is 3. The molecular weight excluding hydrogens is 272 g/mol. The van der Waals surface area contributed by atoms with E-state index in [1.54, 1.807) is 19.2 Å². The molecule has 0 spiro atoms. The van der Waals surface area contributed by atoms with Gasteiger partial charge in [0, 0.05) is 25.9 Å². The van der Waals surface area contributed by atoms with Crippen LogP contribution in [0.5, 0.6) is 5.75 Å². The van der Waals surface area contributed by atoms with E-state index in [0.717, 1.165) is 30.9 Å². The van der Waals surface area contributed by atoms with Crippen LogP contribution in [0.2, 0.25) is 0 Å². The van der Waals surface area contributed by atoms with E-state index in [4.69, 9.17) is 14.2 Å². The van der Waals surface area contributed by atoms with Crippen molar-refractivity contribution in [3.8, 4) is 5.75 Å². The zero-order valence-electron chi connectivity index (χ0n) is 12.3. The molecule has 1 aromatic carbocycles. The second kappa shape index (κ2) is 8.49. The summed E-state index contributed by atoms with van der Waals surface area (Å²) in [6, 6.07) is 7.00. The fourth-order valence-electron chi connectivity index (χ4n) is 2.06. The highest BCUT2D eigenvalue weighted by atomic mass is 16.5. The zero-order valence-corrected chi connectivity index (χ0v) is 12.3. The minimum absolute atomic E-state index is 0.146. The first-order valence-electron chi connectivity index (χ1n) is 7.16. The monoisotopic (exact) mass is 294 g/mol. The molecular formula is C15H22N2O4. The second-order valence-corrected chi connectivity index (χ2v) is 4.84. The van der Waals surface area contributed by atoms with Gasteiger partial charge in [-0.1, -0.05) is 0 Å². The summed E-state index contributed by atoms with van der Waals surface area (Å²) in [4.78, 5) is 11.7. The number of hydrogen-bond donors (Lipinski definition) is 2. The number of anilines is 1. The number of carbonyl (C=O) groups is 1. The van der Waals surface area contributed by atoms with Gasteiger partial charge in [0.15, 0.2) is 0 Å². The number of benzene rings is 1. The largest absolute Gasteiger partial charge is 0.491 e. The standard InChI is InChI=1S/C15H22N2O4/c1-19-9-10-21-13-6-4-12(5-7-13)17-15(18)16-11-14-3-2-8-20-14/h4-7,14H,2-3,8-11H2,1H3,(H2,16,17,18). The second-order valence-electron chi connectivity index (χ2n) is 4.84. The van der Waals surface area contributed by atoms with E-state index in [9.17, 15) is 4.79 Å². The topological polar surface area (TPSA) is 68.8 Å². The molecule has 2 N–H and O–H groups in total. The molecule has 0 bridgehead atoms. The van der Waals surface area contributed by atoms with Crippen LogP contribution in [0, 0.1) is 0 Å². The lowest BCUT2D eigenvalue weighted by atomic mass is 10.2. The molecule has 2 amide bonds. The summed E-state index contributed by atoms with van der Waals surface area (Å²) in [5.74, 6) is 0.748. The van der Waals surface area contributed by atoms with Crippen molar-refractivity contribution in [3.05, 3.63) is 24.3 Å². The van der Waals surface area contributed by atoms with Crippen molar-refractivity contribution < 1.29 is 19.0 Å². The van der Waals surface area contributed by atoms with Gasteiger partial charge in [-0.25, -0.2) is 4.79 Å². The number of rotatable bonds is 7. The predicted octanol–water partition coefficient (Wildman–Crippen LogP) is 2.01. The molecule has 6 nitrogen and oxygen atoms in total. The third-order valence-corrected chi connectivity index (χ3v) is 3.18. The number of carbonyl (C=O) groups excluding carboxylic acids is 1. The molecule has 6 heteroatoms. The maximum absolute atomic E-state index is 11.7. The van der Waals surface area contributed by atoms with Crippen molar-refractivity contribution in [1.29, 1.82) is 0 Å². The third-order valence-electron chi connectivity index (χ3n) is 3.18. The summed E-state index contributed by atoms with van der Waals surface area (Å²) in [6.07, 6.45) is 2.22. The molecule has 1 heterocycles. The molecule has 1 aliphatic rings. The molecule has 0 aromatic heterocycles. The molecule has 1 aliphatic heterocycles. The SMILES string of the molecule is COCCOc1ccc(NC(=O)NCC2CCCO2)cc1. The number of hydrogen-bond acceptors (Lipinski definition) is 4. The van der Waals surface area contributed by atoms with Crippen molar-refractivity contribution in [2.75, 3.05) is 38.8 Å². The van der Waals surface area contributed by atoms with Crippen LogP contribution in [-0.2, 0) is 9.47 Å². The van der Waals surface area contributed by atoms with Crippen LogP contribution in [0.4, 0.5) is 10.5 Å². The van der Waals surface area contributed by atoms with Gasteiger partial charge < -0.3 is 24.8 Å². The van der Waals surface area contributed by atoms with Gasteiger partial charge in [-0.3, -0.25) is 0 Å². The van der Waals surface area contributed by atoms with Crippen LogP contribution in [0.25, 0.3) is 0 Å². The van der Waals surface area contributed by atoms with Gasteiger partial charge in [0.05, 0.1) is 12.7 Å². The Morgan fingerprint density at radius 2 is 2.14 bits per heavy atom. The summed E-state index contributed by atoms with van der Waals surface area (Å²) in [5.41, 5.74) is 0.721. The highest BCUT2D eigenvalue weighted by Gasteiger charge is 2.15. The van der Waals surface area contributed by atoms with Crippen LogP contribution >= 0.6 is 0 Å². The van der Waals surface area contributed by atoms with Gasteiger partial charge >= 0.3 is 6.03 Å². The highest BCUT2D eigenvalue weighted by Crippen LogP contribution is 2.15. The highest BCUT2D eigenvalue weighted by molar-refractivity contribution is 5.89. The zero-order chi connectivity index (χ0) is 14.9. The lowest BCUT2D eigenvalue weighted by Gasteiger charge is -2.12. The third kappa shape index (κ3) is 5.61. The maximum atomic E-state index is 11.7. The Kier molecular flexibility index (Phi) is 6.30. The van der Waals surface area contributed by atoms with Crippen LogP contribution < -0.4 is 15.4 Å². The fourth-order valence-corrected chi connectivity index (χ4v) is 2.06. The quantitative estimate of drug-likeness (QED) is 0.755. The van der Waals surface area contributed by atoms with Crippen LogP contribution in [0.3, 0.4) is 0 Å². The van der Waals surface area contributed by atoms with Crippen LogP contribution in [0.15, 0.2) is 24.3 Å². The number of urea groups is 1. The van der Waals surface area contributed by atoms with Gasteiger partial charge in [0.1, 0.15) is 12.4 Å². The molecule has 0 saturated carbocycles. The maximum Gasteiger partial charge on any atom is 0.319 e. The Balaban J connectivity index is 1.70. The average molecular weight is 294 g/mol. The van der Waals surface area contributed by atoms with E-state index in [2.05, 4.69) is 10.6 Å². The van der Waals surface area contributed by atoms with Crippen molar-refractivity contribution in [1.82, 2.24) is 5.32 Å². The Bertz CT molecular complexity index is 430. The van der Waals surface area contributed by atoms with Crippen molar-refractivity contribution in [2.45, 2.75) is 18.9 Å². The van der Waals surface area contributed by atoms with Gasteiger partial charge in [0.25, 0.3) is 0 Å². The lowest BCUT2D eigenvalue weighted by Crippen LogP contribution is -2.34. The van der Waals surface area contributed by atoms with Crippen LogP contribution in [0.1, 0.15) is 12.8 Å². The molecule has 1 saturated heterocycles. The molecule has 1 atom stereocenters. The van der Waals surface area contributed by atoms with Crippen molar-refractivity contribution >= 4 is 11.7 Å². The summed E-state index contributed by atoms with van der Waals surface area (Å²) >= 11 is 0. The Labute approximate surface area is 124 Å². The first kappa shape index (κ1) is 15.6. The van der Waals surface area contributed by atoms with Crippen molar-refractivity contribution in [3.63, 3.8) is 0 Å². The number of methoxy groups -OCH3 is 1. The molecule has 2 rings (SSSR count). The van der Waals surface area contributed by atoms with Crippen LogP contribution in [-0.4, -0.2) is 45.6 Å². The molecule has 21 heavy (non-hydrogen) atoms. The van der Waals surface area contributed by atoms with Gasteiger partial charge in [-0.15, -0.1) is 0 Å². The Morgan fingerprint density at radius 3 is 2.81 bits per heavy atom. The summed E-state index contributed by atoms with van der Waals surface area (Å²) < 4.78 is 15.8. The first-order chi connectivity index (χ1) is 10.3. The minimum Gasteiger partial charge on any atom is -0.491 e. The van der Waals surface area contributed by atoms with E-state index in [1.807, 2.05) is 12.1 Å². The van der Waals surface area contributed by atoms with E-state index >= 15 is 0 Å². The van der Waals surface area contributed by atoms with E-state index < -0.39 is 0 Å². The molecule has 0 radical (unpaired) electrons. The van der Waals surface area contributed by atoms with E-state index in [-0.39, 0.29) is 12.1 Å². The predicted molar refractivity (Wildman–Crippen MR) is 79.8 cm³/mol. The molecule has 116 valence electrons. The molecule has 1 aromatic rings. The number of amides is 2. The summed E-state index contributed by atoms with van der Waals surface area (Å²) in [7, 11) is 1.63. The molecule has 0 aliphatic carbocycles.